The molecule has 32 heavy (non-hydrogen) atoms. The van der Waals surface area contributed by atoms with Gasteiger partial charge in [0, 0.05) is 26.2 Å². The maximum Gasteiger partial charge on any atom is 0.338 e. The molecular weight excluding hydrogens is 433 g/mol. The van der Waals surface area contributed by atoms with Gasteiger partial charge >= 0.3 is 5.97 Å². The van der Waals surface area contributed by atoms with Crippen LogP contribution < -0.4 is 19.8 Å². The molecule has 0 radical (unpaired) electrons. The van der Waals surface area contributed by atoms with Gasteiger partial charge in [-0.25, -0.2) is 14.2 Å². The van der Waals surface area contributed by atoms with Crippen molar-refractivity contribution in [3.8, 4) is 0 Å². The van der Waals surface area contributed by atoms with Gasteiger partial charge in [-0.1, -0.05) is 23.5 Å². The van der Waals surface area contributed by atoms with E-state index in [1.807, 2.05) is 25.1 Å². The highest BCUT2D eigenvalue weighted by Gasteiger charge is 2.33. The number of rotatable bonds is 5. The van der Waals surface area contributed by atoms with Crippen molar-refractivity contribution in [1.29, 1.82) is 0 Å². The Morgan fingerprint density at radius 3 is 2.62 bits per heavy atom. The van der Waals surface area contributed by atoms with E-state index in [-0.39, 0.29) is 17.7 Å². The standard InChI is InChI=1S/C23H22FN3O4S/c1-5-30-22(29)19-13(2)25-23-27(20(19)14-6-8-15(24)9-7-14)21(28)17(32-23)12-16-10-11-18(31-16)26(3)4/h6-12,20H,5H2,1-4H3/t20-/m1/s1. The van der Waals surface area contributed by atoms with Gasteiger partial charge in [0.2, 0.25) is 0 Å². The van der Waals surface area contributed by atoms with Crippen LogP contribution in [-0.4, -0.2) is 31.2 Å². The van der Waals surface area contributed by atoms with Gasteiger partial charge in [0.25, 0.3) is 5.56 Å². The van der Waals surface area contributed by atoms with Gasteiger partial charge in [0.15, 0.2) is 10.7 Å². The molecule has 166 valence electrons. The Morgan fingerprint density at radius 2 is 2.00 bits per heavy atom. The lowest BCUT2D eigenvalue weighted by Crippen LogP contribution is -2.39. The molecular formula is C23H22FN3O4S. The lowest BCUT2D eigenvalue weighted by molar-refractivity contribution is -0.139. The number of thiazole rings is 1. The third kappa shape index (κ3) is 3.91. The average molecular weight is 456 g/mol. The van der Waals surface area contributed by atoms with E-state index in [9.17, 15) is 14.0 Å². The van der Waals surface area contributed by atoms with Crippen molar-refractivity contribution >= 4 is 29.3 Å². The number of hydrogen-bond donors (Lipinski definition) is 0. The van der Waals surface area contributed by atoms with E-state index in [0.29, 0.717) is 32.2 Å². The van der Waals surface area contributed by atoms with E-state index < -0.39 is 17.8 Å². The summed E-state index contributed by atoms with van der Waals surface area (Å²) in [6, 6.07) is 8.54. The van der Waals surface area contributed by atoms with Crippen molar-refractivity contribution in [2.75, 3.05) is 25.6 Å². The predicted octanol–water partition coefficient (Wildman–Crippen LogP) is 2.60. The van der Waals surface area contributed by atoms with Crippen LogP contribution in [0.1, 0.15) is 31.2 Å². The number of anilines is 1. The molecule has 1 aliphatic rings. The SMILES string of the molecule is CCOC(=O)C1=C(C)N=c2sc(=Cc3ccc(N(C)C)o3)c(=O)n2[C@@H]1c1ccc(F)cc1. The molecule has 7 nitrogen and oxygen atoms in total. The molecule has 4 rings (SSSR count). The molecule has 3 aromatic rings. The number of fused-ring (bicyclic) bond motifs is 1. The smallest absolute Gasteiger partial charge is 0.338 e. The molecule has 0 bridgehead atoms. The number of esters is 1. The molecule has 0 fully saturated rings. The lowest BCUT2D eigenvalue weighted by atomic mass is 9.96. The first kappa shape index (κ1) is 21.8. The Labute approximate surface area is 187 Å². The van der Waals surface area contributed by atoms with Gasteiger partial charge in [-0.3, -0.25) is 9.36 Å². The van der Waals surface area contributed by atoms with Crippen LogP contribution in [0.4, 0.5) is 10.3 Å². The minimum atomic E-state index is -0.776. The van der Waals surface area contributed by atoms with Crippen LogP contribution in [0, 0.1) is 5.82 Å². The number of hydrogen-bond acceptors (Lipinski definition) is 7. The molecule has 3 heterocycles. The maximum atomic E-state index is 13.6. The number of allylic oxidation sites excluding steroid dienone is 1. The largest absolute Gasteiger partial charge is 0.463 e. The predicted molar refractivity (Wildman–Crippen MR) is 120 cm³/mol. The number of nitrogens with zero attached hydrogens (tertiary/aromatic N) is 3. The van der Waals surface area contributed by atoms with Gasteiger partial charge in [-0.2, -0.15) is 0 Å². The van der Waals surface area contributed by atoms with Crippen molar-refractivity contribution in [1.82, 2.24) is 4.57 Å². The molecule has 0 saturated heterocycles. The monoisotopic (exact) mass is 455 g/mol. The van der Waals surface area contributed by atoms with Gasteiger partial charge in [0.05, 0.1) is 28.5 Å². The first-order valence-electron chi connectivity index (χ1n) is 10.0. The van der Waals surface area contributed by atoms with Crippen LogP contribution in [0.2, 0.25) is 0 Å². The molecule has 1 aromatic carbocycles. The topological polar surface area (TPSA) is 77.0 Å². The third-order valence-corrected chi connectivity index (χ3v) is 6.01. The second-order valence-corrected chi connectivity index (χ2v) is 8.43. The third-order valence-electron chi connectivity index (χ3n) is 5.03. The molecule has 0 amide bonds. The Hall–Kier alpha value is -3.46. The second kappa shape index (κ2) is 8.58. The molecule has 0 spiro atoms. The molecule has 0 saturated carbocycles. The molecule has 1 aliphatic heterocycles. The van der Waals surface area contributed by atoms with Crippen molar-refractivity contribution < 1.29 is 18.3 Å². The summed E-state index contributed by atoms with van der Waals surface area (Å²) in [5, 5.41) is 0. The molecule has 9 heteroatoms. The van der Waals surface area contributed by atoms with E-state index in [4.69, 9.17) is 9.15 Å². The lowest BCUT2D eigenvalue weighted by Gasteiger charge is -2.24. The first-order chi connectivity index (χ1) is 15.3. The van der Waals surface area contributed by atoms with E-state index in [1.165, 1.54) is 28.0 Å². The summed E-state index contributed by atoms with van der Waals surface area (Å²) >= 11 is 1.20. The highest BCUT2D eigenvalue weighted by atomic mass is 32.1. The maximum absolute atomic E-state index is 13.6. The van der Waals surface area contributed by atoms with Gasteiger partial charge < -0.3 is 14.1 Å². The highest BCUT2D eigenvalue weighted by molar-refractivity contribution is 7.07. The van der Waals surface area contributed by atoms with Crippen LogP contribution >= 0.6 is 11.3 Å². The van der Waals surface area contributed by atoms with Gasteiger partial charge in [-0.05, 0) is 37.6 Å². The van der Waals surface area contributed by atoms with Crippen LogP contribution in [0.3, 0.4) is 0 Å². The summed E-state index contributed by atoms with van der Waals surface area (Å²) in [6.45, 7) is 3.60. The minimum absolute atomic E-state index is 0.183. The van der Waals surface area contributed by atoms with Crippen LogP contribution in [0.5, 0.6) is 0 Å². The summed E-state index contributed by atoms with van der Waals surface area (Å²) < 4.78 is 26.4. The zero-order valence-corrected chi connectivity index (χ0v) is 18.9. The number of ether oxygens (including phenoxy) is 1. The Balaban J connectivity index is 1.92. The fraction of sp³-hybridized carbons (Fsp3) is 0.261. The van der Waals surface area contributed by atoms with Gasteiger partial charge in [0.1, 0.15) is 11.6 Å². The zero-order chi connectivity index (χ0) is 23.0. The zero-order valence-electron chi connectivity index (χ0n) is 18.1. The van der Waals surface area contributed by atoms with Gasteiger partial charge in [-0.15, -0.1) is 0 Å². The number of carbonyl (C=O) groups is 1. The Kier molecular flexibility index (Phi) is 5.84. The Bertz CT molecular complexity index is 1380. The van der Waals surface area contributed by atoms with E-state index in [1.54, 1.807) is 38.1 Å². The summed E-state index contributed by atoms with van der Waals surface area (Å²) in [5.74, 6) is 0.223. The van der Waals surface area contributed by atoms with E-state index in [0.717, 1.165) is 0 Å². The molecule has 0 unspecified atom stereocenters. The number of carbonyl (C=O) groups excluding carboxylic acids is 1. The molecule has 2 aromatic heterocycles. The second-order valence-electron chi connectivity index (χ2n) is 7.42. The van der Waals surface area contributed by atoms with Crippen LogP contribution in [-0.2, 0) is 9.53 Å². The van der Waals surface area contributed by atoms with E-state index >= 15 is 0 Å². The average Bonchev–Trinajstić information content (AvgIpc) is 3.33. The van der Waals surface area contributed by atoms with Crippen molar-refractivity contribution in [2.24, 2.45) is 4.99 Å². The number of halogens is 1. The number of aromatic nitrogens is 1. The highest BCUT2D eigenvalue weighted by Crippen LogP contribution is 2.30. The normalized spacial score (nSPS) is 16.0. The fourth-order valence-corrected chi connectivity index (χ4v) is 4.57. The molecule has 0 N–H and O–H groups in total. The number of benzene rings is 1. The van der Waals surface area contributed by atoms with Crippen LogP contribution in [0.25, 0.3) is 6.08 Å². The summed E-state index contributed by atoms with van der Waals surface area (Å²) in [4.78, 5) is 33.0. The summed E-state index contributed by atoms with van der Waals surface area (Å²) in [6.07, 6.45) is 1.65. The van der Waals surface area contributed by atoms with Crippen molar-refractivity contribution in [2.45, 2.75) is 19.9 Å². The van der Waals surface area contributed by atoms with Crippen LogP contribution in [0.15, 0.2) is 61.9 Å². The Morgan fingerprint density at radius 1 is 1.28 bits per heavy atom. The summed E-state index contributed by atoms with van der Waals surface area (Å²) in [7, 11) is 3.72. The molecule has 0 aliphatic carbocycles. The number of furan rings is 1. The van der Waals surface area contributed by atoms with E-state index in [2.05, 4.69) is 4.99 Å². The van der Waals surface area contributed by atoms with Crippen molar-refractivity contribution in [3.63, 3.8) is 0 Å². The van der Waals surface area contributed by atoms with Crippen molar-refractivity contribution in [3.05, 3.63) is 84.5 Å². The molecule has 1 atom stereocenters. The fourth-order valence-electron chi connectivity index (χ4n) is 3.54. The minimum Gasteiger partial charge on any atom is -0.463 e. The quantitative estimate of drug-likeness (QED) is 0.553. The summed E-state index contributed by atoms with van der Waals surface area (Å²) in [5.41, 5.74) is 0.980. The first-order valence-corrected chi connectivity index (χ1v) is 10.8.